The summed E-state index contributed by atoms with van der Waals surface area (Å²) in [5.41, 5.74) is -1.20. The molecule has 1 amide bonds. The fraction of sp³-hybridized carbons (Fsp3) is 0.600. The third-order valence-corrected chi connectivity index (χ3v) is 6.01. The molecule has 1 saturated carbocycles. The number of aliphatic carboxylic acids is 1. The third-order valence-electron chi connectivity index (χ3n) is 5.10. The van der Waals surface area contributed by atoms with Crippen LogP contribution in [0.25, 0.3) is 0 Å². The zero-order chi connectivity index (χ0) is 20.7. The highest BCUT2D eigenvalue weighted by Gasteiger charge is 2.72. The Hall–Kier alpha value is -1.66. The number of carboxylic acid groups (broad SMARTS) is 1. The van der Waals surface area contributed by atoms with Gasteiger partial charge in [0.15, 0.2) is 0 Å². The lowest BCUT2D eigenvalue weighted by atomic mass is 9.96. The summed E-state index contributed by atoms with van der Waals surface area (Å²) in [7, 11) is 0. The molecule has 1 heterocycles. The number of nitrogens with zero attached hydrogens (tertiary/aromatic N) is 1. The second-order valence-electron chi connectivity index (χ2n) is 8.40. The number of alkyl halides is 2. The van der Waals surface area contributed by atoms with Gasteiger partial charge in [0.05, 0.1) is 0 Å². The molecule has 2 aliphatic rings. The molecule has 1 N–H and O–H groups in total. The van der Waals surface area contributed by atoms with E-state index in [9.17, 15) is 14.7 Å². The molecule has 1 aromatic carbocycles. The van der Waals surface area contributed by atoms with Crippen LogP contribution in [0.15, 0.2) is 24.3 Å². The third kappa shape index (κ3) is 4.18. The molecule has 1 aliphatic carbocycles. The molecule has 1 aliphatic heterocycles. The highest BCUT2D eigenvalue weighted by Crippen LogP contribution is 2.65. The average Bonchev–Trinajstić information content (AvgIpc) is 3.19. The van der Waals surface area contributed by atoms with Gasteiger partial charge in [0.2, 0.25) is 0 Å². The maximum atomic E-state index is 12.1. The van der Waals surface area contributed by atoms with Gasteiger partial charge in [0, 0.05) is 32.4 Å². The Morgan fingerprint density at radius 1 is 1.14 bits per heavy atom. The highest BCUT2D eigenvalue weighted by molar-refractivity contribution is 6.54. The fourth-order valence-electron chi connectivity index (χ4n) is 3.45. The number of hydrogen-bond acceptors (Lipinski definition) is 4. The number of piperidine rings is 1. The first-order valence-electron chi connectivity index (χ1n) is 9.31. The van der Waals surface area contributed by atoms with Crippen LogP contribution in [0.5, 0.6) is 5.75 Å². The van der Waals surface area contributed by atoms with Crippen molar-refractivity contribution in [1.82, 2.24) is 4.90 Å². The van der Waals surface area contributed by atoms with Gasteiger partial charge in [-0.3, -0.25) is 4.79 Å². The molecule has 2 fully saturated rings. The summed E-state index contributed by atoms with van der Waals surface area (Å²) in [6.45, 7) is 6.68. The number of rotatable bonds is 4. The second kappa shape index (κ2) is 7.30. The van der Waals surface area contributed by atoms with Crippen molar-refractivity contribution in [3.63, 3.8) is 0 Å². The van der Waals surface area contributed by atoms with Gasteiger partial charge in [0.1, 0.15) is 27.2 Å². The Bertz CT molecular complexity index is 751. The van der Waals surface area contributed by atoms with E-state index in [1.54, 1.807) is 29.2 Å². The largest absolute Gasteiger partial charge is 0.490 e. The number of carbonyl (C=O) groups excluding carboxylic acids is 1. The number of halogens is 2. The number of benzene rings is 1. The molecule has 1 saturated heterocycles. The molecule has 3 rings (SSSR count). The summed E-state index contributed by atoms with van der Waals surface area (Å²) in [5.74, 6) is -0.379. The van der Waals surface area contributed by atoms with E-state index in [2.05, 4.69) is 0 Å². The summed E-state index contributed by atoms with van der Waals surface area (Å²) in [4.78, 5) is 25.4. The van der Waals surface area contributed by atoms with Crippen molar-refractivity contribution in [1.29, 1.82) is 0 Å². The van der Waals surface area contributed by atoms with Crippen LogP contribution in [-0.2, 0) is 14.9 Å². The predicted molar refractivity (Wildman–Crippen MR) is 106 cm³/mol. The molecule has 1 atom stereocenters. The van der Waals surface area contributed by atoms with Crippen LogP contribution in [0.4, 0.5) is 4.79 Å². The maximum Gasteiger partial charge on any atom is 0.410 e. The maximum absolute atomic E-state index is 12.1. The van der Waals surface area contributed by atoms with Crippen LogP contribution in [0.2, 0.25) is 0 Å². The molecule has 0 aromatic heterocycles. The number of carboxylic acids is 1. The van der Waals surface area contributed by atoms with Crippen molar-refractivity contribution >= 4 is 35.3 Å². The van der Waals surface area contributed by atoms with Gasteiger partial charge >= 0.3 is 12.1 Å². The molecule has 1 unspecified atom stereocenters. The molecule has 0 radical (unpaired) electrons. The average molecular weight is 430 g/mol. The van der Waals surface area contributed by atoms with Gasteiger partial charge < -0.3 is 19.5 Å². The van der Waals surface area contributed by atoms with Gasteiger partial charge in [0.25, 0.3) is 0 Å². The first kappa shape index (κ1) is 21.1. The number of ether oxygens (including phenoxy) is 2. The minimum atomic E-state index is -1.28. The zero-order valence-corrected chi connectivity index (χ0v) is 17.7. The van der Waals surface area contributed by atoms with Crippen LogP contribution >= 0.6 is 23.2 Å². The number of amides is 1. The van der Waals surface area contributed by atoms with Crippen molar-refractivity contribution in [3.05, 3.63) is 29.8 Å². The molecular weight excluding hydrogens is 405 g/mol. The quantitative estimate of drug-likeness (QED) is 0.719. The van der Waals surface area contributed by atoms with Crippen molar-refractivity contribution in [2.75, 3.05) is 13.1 Å². The summed E-state index contributed by atoms with van der Waals surface area (Å²) in [6.07, 6.45) is 1.27. The second-order valence-corrected chi connectivity index (χ2v) is 9.88. The molecular formula is C20H25Cl2NO5. The SMILES string of the molecule is CC(C)(C)OC(=O)N1CCC(Oc2ccc(C3(C(=O)O)CC3(Cl)Cl)cc2)CC1. The molecule has 6 nitrogen and oxygen atoms in total. The topological polar surface area (TPSA) is 76.1 Å². The number of carbonyl (C=O) groups is 2. The molecule has 0 bridgehead atoms. The van der Waals surface area contributed by atoms with E-state index in [1.807, 2.05) is 20.8 Å². The van der Waals surface area contributed by atoms with E-state index < -0.39 is 21.3 Å². The van der Waals surface area contributed by atoms with Crippen LogP contribution in [0.1, 0.15) is 45.6 Å². The molecule has 154 valence electrons. The predicted octanol–water partition coefficient (Wildman–Crippen LogP) is 4.36. The summed E-state index contributed by atoms with van der Waals surface area (Å²) in [6, 6.07) is 6.88. The summed E-state index contributed by atoms with van der Waals surface area (Å²) < 4.78 is 10.1. The van der Waals surface area contributed by atoms with Gasteiger partial charge in [-0.2, -0.15) is 0 Å². The van der Waals surface area contributed by atoms with E-state index in [4.69, 9.17) is 32.7 Å². The first-order chi connectivity index (χ1) is 12.9. The first-order valence-corrected chi connectivity index (χ1v) is 10.1. The monoisotopic (exact) mass is 429 g/mol. The molecule has 1 aromatic rings. The number of hydrogen-bond donors (Lipinski definition) is 1. The Morgan fingerprint density at radius 3 is 2.11 bits per heavy atom. The molecule has 8 heteroatoms. The van der Waals surface area contributed by atoms with E-state index in [0.29, 0.717) is 37.2 Å². The van der Waals surface area contributed by atoms with Crippen LogP contribution in [0.3, 0.4) is 0 Å². The van der Waals surface area contributed by atoms with E-state index in [-0.39, 0.29) is 18.6 Å². The van der Waals surface area contributed by atoms with E-state index in [0.717, 1.165) is 0 Å². The van der Waals surface area contributed by atoms with Gasteiger partial charge in [-0.05, 0) is 38.5 Å². The van der Waals surface area contributed by atoms with Crippen molar-refractivity contribution in [2.45, 2.75) is 61.5 Å². The van der Waals surface area contributed by atoms with Gasteiger partial charge in [-0.15, -0.1) is 0 Å². The lowest BCUT2D eigenvalue weighted by Gasteiger charge is -2.33. The molecule has 0 spiro atoms. The Balaban J connectivity index is 1.55. The van der Waals surface area contributed by atoms with Crippen molar-refractivity contribution < 1.29 is 24.2 Å². The van der Waals surface area contributed by atoms with Crippen molar-refractivity contribution in [2.24, 2.45) is 0 Å². The summed E-state index contributed by atoms with van der Waals surface area (Å²) >= 11 is 12.2. The summed E-state index contributed by atoms with van der Waals surface area (Å²) in [5, 5.41) is 9.52. The van der Waals surface area contributed by atoms with E-state index >= 15 is 0 Å². The van der Waals surface area contributed by atoms with E-state index in [1.165, 1.54) is 0 Å². The Kier molecular flexibility index (Phi) is 5.49. The van der Waals surface area contributed by atoms with Gasteiger partial charge in [-0.25, -0.2) is 4.79 Å². The minimum absolute atomic E-state index is 0.0148. The molecule has 28 heavy (non-hydrogen) atoms. The Labute approximate surface area is 174 Å². The zero-order valence-electron chi connectivity index (χ0n) is 16.2. The van der Waals surface area contributed by atoms with Crippen molar-refractivity contribution in [3.8, 4) is 5.75 Å². The lowest BCUT2D eigenvalue weighted by Crippen LogP contribution is -2.44. The Morgan fingerprint density at radius 2 is 1.68 bits per heavy atom. The standard InChI is InChI=1S/C20H25Cl2NO5/c1-18(2,3)28-17(26)23-10-8-15(9-11-23)27-14-6-4-13(5-7-14)19(16(24)25)12-20(19,21)22/h4-7,15H,8-12H2,1-3H3,(H,24,25). The normalized spacial score (nSPS) is 24.5. The minimum Gasteiger partial charge on any atom is -0.490 e. The van der Waals surface area contributed by atoms with Gasteiger partial charge in [-0.1, -0.05) is 35.3 Å². The number of likely N-dealkylation sites (tertiary alicyclic amines) is 1. The fourth-order valence-corrected chi connectivity index (χ4v) is 4.23. The van der Waals surface area contributed by atoms with Crippen LogP contribution in [-0.4, -0.2) is 51.2 Å². The van der Waals surface area contributed by atoms with Crippen LogP contribution < -0.4 is 4.74 Å². The van der Waals surface area contributed by atoms with Crippen LogP contribution in [0, 0.1) is 0 Å². The smallest absolute Gasteiger partial charge is 0.410 e. The lowest BCUT2D eigenvalue weighted by molar-refractivity contribution is -0.140. The highest BCUT2D eigenvalue weighted by atomic mass is 35.5.